The lowest BCUT2D eigenvalue weighted by Crippen LogP contribution is -2.09. The van der Waals surface area contributed by atoms with E-state index < -0.39 is 17.8 Å². The Morgan fingerprint density at radius 3 is 2.79 bits per heavy atom. The van der Waals surface area contributed by atoms with Crippen LogP contribution < -0.4 is 9.47 Å². The lowest BCUT2D eigenvalue weighted by molar-refractivity contribution is -0.137. The highest BCUT2D eigenvalue weighted by Gasteiger charge is 2.35. The highest BCUT2D eigenvalue weighted by Crippen LogP contribution is 2.47. The summed E-state index contributed by atoms with van der Waals surface area (Å²) in [5.41, 5.74) is 1.74. The summed E-state index contributed by atoms with van der Waals surface area (Å²) in [5, 5.41) is 0.876. The van der Waals surface area contributed by atoms with Crippen molar-refractivity contribution in [3.8, 4) is 17.2 Å². The van der Waals surface area contributed by atoms with Gasteiger partial charge < -0.3 is 19.4 Å². The molecule has 5 aromatic rings. The SMILES string of the molecule is CC1c2cc(Oc3ccnc4[nH]ccc34)ccc2OC1c1nc2ccc(C(F)(F)F)cc2[nH]1. The molecule has 0 amide bonds. The molecular formula is C24H17F3N4O2. The molecule has 6 nitrogen and oxygen atoms in total. The van der Waals surface area contributed by atoms with Gasteiger partial charge in [0.15, 0.2) is 6.10 Å². The first-order chi connectivity index (χ1) is 15.9. The molecule has 0 saturated carbocycles. The molecule has 4 heterocycles. The van der Waals surface area contributed by atoms with Crippen LogP contribution in [0.1, 0.15) is 35.9 Å². The molecule has 33 heavy (non-hydrogen) atoms. The Hall–Kier alpha value is -4.01. The molecule has 2 aromatic carbocycles. The van der Waals surface area contributed by atoms with E-state index in [1.807, 2.05) is 31.2 Å². The first-order valence-corrected chi connectivity index (χ1v) is 10.3. The second-order valence-electron chi connectivity index (χ2n) is 8.03. The molecule has 1 aliphatic rings. The van der Waals surface area contributed by atoms with Crippen molar-refractivity contribution in [2.24, 2.45) is 0 Å². The van der Waals surface area contributed by atoms with Crippen LogP contribution in [0.25, 0.3) is 22.1 Å². The zero-order valence-electron chi connectivity index (χ0n) is 17.3. The van der Waals surface area contributed by atoms with Gasteiger partial charge in [-0.3, -0.25) is 0 Å². The highest BCUT2D eigenvalue weighted by atomic mass is 19.4. The maximum absolute atomic E-state index is 13.1. The summed E-state index contributed by atoms with van der Waals surface area (Å²) in [5.74, 6) is 2.42. The normalized spacial score (nSPS) is 17.9. The van der Waals surface area contributed by atoms with Gasteiger partial charge in [0.25, 0.3) is 0 Å². The number of nitrogens with zero attached hydrogens (tertiary/aromatic N) is 2. The van der Waals surface area contributed by atoms with Crippen molar-refractivity contribution in [2.45, 2.75) is 25.1 Å². The number of fused-ring (bicyclic) bond motifs is 3. The Morgan fingerprint density at radius 2 is 1.94 bits per heavy atom. The first kappa shape index (κ1) is 19.7. The van der Waals surface area contributed by atoms with Gasteiger partial charge in [0.1, 0.15) is 28.7 Å². The number of imidazole rings is 1. The molecule has 2 atom stereocenters. The van der Waals surface area contributed by atoms with Crippen molar-refractivity contribution in [3.05, 3.63) is 77.9 Å². The van der Waals surface area contributed by atoms with Gasteiger partial charge in [0.2, 0.25) is 0 Å². The van der Waals surface area contributed by atoms with Gasteiger partial charge in [-0.25, -0.2) is 9.97 Å². The van der Waals surface area contributed by atoms with E-state index in [-0.39, 0.29) is 5.92 Å². The lowest BCUT2D eigenvalue weighted by atomic mass is 9.97. The highest BCUT2D eigenvalue weighted by molar-refractivity contribution is 5.82. The number of halogens is 3. The van der Waals surface area contributed by atoms with Crippen LogP contribution >= 0.6 is 0 Å². The Kier molecular flexibility index (Phi) is 4.17. The van der Waals surface area contributed by atoms with Crippen molar-refractivity contribution < 1.29 is 22.6 Å². The second kappa shape index (κ2) is 6.99. The van der Waals surface area contributed by atoms with Crippen LogP contribution in [0.15, 0.2) is 60.9 Å². The lowest BCUT2D eigenvalue weighted by Gasteiger charge is -2.12. The molecule has 0 bridgehead atoms. The predicted molar refractivity (Wildman–Crippen MR) is 115 cm³/mol. The van der Waals surface area contributed by atoms with Crippen LogP contribution in [0.5, 0.6) is 17.2 Å². The van der Waals surface area contributed by atoms with E-state index in [4.69, 9.17) is 9.47 Å². The van der Waals surface area contributed by atoms with Crippen LogP contribution in [0, 0.1) is 0 Å². The summed E-state index contributed by atoms with van der Waals surface area (Å²) in [7, 11) is 0. The number of pyridine rings is 1. The van der Waals surface area contributed by atoms with Gasteiger partial charge in [0.05, 0.1) is 22.0 Å². The van der Waals surface area contributed by atoms with E-state index in [1.165, 1.54) is 6.07 Å². The van der Waals surface area contributed by atoms with Crippen molar-refractivity contribution in [2.75, 3.05) is 0 Å². The van der Waals surface area contributed by atoms with Crippen molar-refractivity contribution in [1.82, 2.24) is 19.9 Å². The average molecular weight is 450 g/mol. The number of ether oxygens (including phenoxy) is 2. The van der Waals surface area contributed by atoms with Crippen molar-refractivity contribution in [3.63, 3.8) is 0 Å². The van der Waals surface area contributed by atoms with Gasteiger partial charge in [-0.15, -0.1) is 0 Å². The number of H-pyrrole nitrogens is 2. The third kappa shape index (κ3) is 3.27. The Bertz CT molecular complexity index is 1500. The maximum Gasteiger partial charge on any atom is 0.416 e. The van der Waals surface area contributed by atoms with E-state index in [0.29, 0.717) is 34.1 Å². The molecule has 1 aliphatic heterocycles. The molecule has 9 heteroatoms. The van der Waals surface area contributed by atoms with Gasteiger partial charge in [-0.2, -0.15) is 13.2 Å². The summed E-state index contributed by atoms with van der Waals surface area (Å²) < 4.78 is 51.4. The van der Waals surface area contributed by atoms with Crippen molar-refractivity contribution >= 4 is 22.1 Å². The number of hydrogen-bond acceptors (Lipinski definition) is 4. The number of hydrogen-bond donors (Lipinski definition) is 2. The van der Waals surface area contributed by atoms with E-state index >= 15 is 0 Å². The van der Waals surface area contributed by atoms with Crippen LogP contribution in [0.3, 0.4) is 0 Å². The number of alkyl halides is 3. The molecule has 166 valence electrons. The summed E-state index contributed by atoms with van der Waals surface area (Å²) in [6.07, 6.45) is -1.38. The fourth-order valence-electron chi connectivity index (χ4n) is 4.24. The third-order valence-corrected chi connectivity index (χ3v) is 5.92. The van der Waals surface area contributed by atoms with Gasteiger partial charge in [-0.05, 0) is 48.5 Å². The van der Waals surface area contributed by atoms with Crippen LogP contribution in [-0.4, -0.2) is 19.9 Å². The topological polar surface area (TPSA) is 75.8 Å². The van der Waals surface area contributed by atoms with Gasteiger partial charge in [-0.1, -0.05) is 6.92 Å². The molecule has 2 unspecified atom stereocenters. The number of aromatic nitrogens is 4. The molecular weight excluding hydrogens is 433 g/mol. The Morgan fingerprint density at radius 1 is 1.06 bits per heavy atom. The minimum absolute atomic E-state index is 0.0871. The quantitative estimate of drug-likeness (QED) is 0.330. The second-order valence-corrected chi connectivity index (χ2v) is 8.03. The van der Waals surface area contributed by atoms with Crippen LogP contribution in [-0.2, 0) is 6.18 Å². The standard InChI is InChI=1S/C24H17F3N4O2/c1-12-16-11-14(32-20-7-9-29-22-15(20)6-8-28-22)3-5-19(16)33-21(12)23-30-17-4-2-13(24(25,26)27)10-18(17)31-23/h2-12,21H,1H3,(H,28,29)(H,30,31). The number of nitrogens with one attached hydrogen (secondary N) is 2. The molecule has 0 radical (unpaired) electrons. The first-order valence-electron chi connectivity index (χ1n) is 10.3. The summed E-state index contributed by atoms with van der Waals surface area (Å²) in [4.78, 5) is 14.8. The van der Waals surface area contributed by atoms with Gasteiger partial charge >= 0.3 is 6.18 Å². The molecule has 6 rings (SSSR count). The molecule has 0 saturated heterocycles. The smallest absolute Gasteiger partial charge is 0.416 e. The van der Waals surface area contributed by atoms with E-state index in [9.17, 15) is 13.2 Å². The van der Waals surface area contributed by atoms with Crippen molar-refractivity contribution in [1.29, 1.82) is 0 Å². The Balaban J connectivity index is 1.30. The zero-order chi connectivity index (χ0) is 22.7. The predicted octanol–water partition coefficient (Wildman–Crippen LogP) is 6.49. The molecule has 0 spiro atoms. The molecule has 0 fully saturated rings. The van der Waals surface area contributed by atoms with Crippen LogP contribution in [0.2, 0.25) is 0 Å². The number of rotatable bonds is 3. The maximum atomic E-state index is 13.1. The summed E-state index contributed by atoms with van der Waals surface area (Å²) >= 11 is 0. The average Bonchev–Trinajstić information content (AvgIpc) is 3.50. The number of aromatic amines is 2. The minimum Gasteiger partial charge on any atom is -0.482 e. The largest absolute Gasteiger partial charge is 0.482 e. The van der Waals surface area contributed by atoms with Crippen LogP contribution in [0.4, 0.5) is 13.2 Å². The molecule has 3 aromatic heterocycles. The number of benzene rings is 2. The molecule has 2 N–H and O–H groups in total. The fraction of sp³-hybridized carbons (Fsp3) is 0.167. The van der Waals surface area contributed by atoms with Gasteiger partial charge in [0, 0.05) is 23.9 Å². The molecule has 0 aliphatic carbocycles. The van der Waals surface area contributed by atoms with E-state index in [1.54, 1.807) is 18.5 Å². The minimum atomic E-state index is -4.41. The fourth-order valence-corrected chi connectivity index (χ4v) is 4.24. The summed E-state index contributed by atoms with van der Waals surface area (Å²) in [6.45, 7) is 1.99. The van der Waals surface area contributed by atoms with E-state index in [2.05, 4.69) is 19.9 Å². The third-order valence-electron chi connectivity index (χ3n) is 5.92. The monoisotopic (exact) mass is 450 g/mol. The van der Waals surface area contributed by atoms with E-state index in [0.717, 1.165) is 28.7 Å². The summed E-state index contributed by atoms with van der Waals surface area (Å²) in [6, 6.07) is 12.7. The zero-order valence-corrected chi connectivity index (χ0v) is 17.3. The Labute approximate surface area is 185 Å².